The molecule has 0 radical (unpaired) electrons. The molecular formula is C20H20N4O2S2. The average molecular weight is 413 g/mol. The predicted octanol–water partition coefficient (Wildman–Crippen LogP) is 5.00. The topological polar surface area (TPSA) is 83.1 Å². The maximum Gasteiger partial charge on any atom is 0.325 e. The van der Waals surface area contributed by atoms with Crippen LogP contribution in [0.4, 0.5) is 21.3 Å². The number of anilines is 3. The van der Waals surface area contributed by atoms with E-state index >= 15 is 0 Å². The van der Waals surface area contributed by atoms with Gasteiger partial charge in [0.2, 0.25) is 5.91 Å². The lowest BCUT2D eigenvalue weighted by atomic mass is 10.2. The van der Waals surface area contributed by atoms with Crippen LogP contribution in [0.2, 0.25) is 0 Å². The van der Waals surface area contributed by atoms with Crippen LogP contribution in [0, 0.1) is 6.92 Å². The summed E-state index contributed by atoms with van der Waals surface area (Å²) in [6, 6.07) is 14.8. The Morgan fingerprint density at radius 3 is 2.57 bits per heavy atom. The lowest BCUT2D eigenvalue weighted by molar-refractivity contribution is -0.115. The van der Waals surface area contributed by atoms with Gasteiger partial charge >= 0.3 is 6.03 Å². The monoisotopic (exact) mass is 412 g/mol. The van der Waals surface area contributed by atoms with E-state index in [1.54, 1.807) is 17.1 Å². The normalized spacial score (nSPS) is 10.4. The van der Waals surface area contributed by atoms with Crippen molar-refractivity contribution < 1.29 is 9.59 Å². The third-order valence-electron chi connectivity index (χ3n) is 3.78. The summed E-state index contributed by atoms with van der Waals surface area (Å²) in [5.41, 5.74) is 3.18. The first-order valence-corrected chi connectivity index (χ1v) is 10.7. The zero-order chi connectivity index (χ0) is 19.9. The fraction of sp³-hybridized carbons (Fsp3) is 0.150. The first kappa shape index (κ1) is 19.9. The number of carbonyl (C=O) groups is 2. The van der Waals surface area contributed by atoms with Crippen LogP contribution in [0.25, 0.3) is 0 Å². The highest BCUT2D eigenvalue weighted by atomic mass is 32.2. The van der Waals surface area contributed by atoms with E-state index in [-0.39, 0.29) is 18.4 Å². The Kier molecular flexibility index (Phi) is 6.67. The zero-order valence-electron chi connectivity index (χ0n) is 15.5. The van der Waals surface area contributed by atoms with E-state index in [2.05, 4.69) is 20.9 Å². The van der Waals surface area contributed by atoms with Crippen molar-refractivity contribution in [3.05, 3.63) is 65.2 Å². The molecule has 3 rings (SSSR count). The number of aryl methyl sites for hydroxylation is 1. The van der Waals surface area contributed by atoms with Crippen LogP contribution in [0.5, 0.6) is 0 Å². The minimum absolute atomic E-state index is 0.140. The van der Waals surface area contributed by atoms with Crippen LogP contribution < -0.4 is 16.0 Å². The van der Waals surface area contributed by atoms with Crippen molar-refractivity contribution in [3.63, 3.8) is 0 Å². The van der Waals surface area contributed by atoms with Crippen molar-refractivity contribution in [3.8, 4) is 0 Å². The summed E-state index contributed by atoms with van der Waals surface area (Å²) >= 11 is 2.89. The number of urea groups is 1. The van der Waals surface area contributed by atoms with Gasteiger partial charge in [0.1, 0.15) is 0 Å². The standard InChI is InChI=1S/C20H20N4O2S2/c1-13-6-8-14(9-7-13)22-19(26)24-20-23-16(12-28-20)11-18(25)21-15-4-3-5-17(10-15)27-2/h3-10,12H,11H2,1-2H3,(H,21,25)(H2,22,23,24,26). The Labute approximate surface area is 171 Å². The number of carbonyl (C=O) groups excluding carboxylic acids is 2. The number of benzene rings is 2. The molecule has 0 bridgehead atoms. The van der Waals surface area contributed by atoms with Gasteiger partial charge in [-0.25, -0.2) is 9.78 Å². The second-order valence-corrected chi connectivity index (χ2v) is 7.78. The highest BCUT2D eigenvalue weighted by molar-refractivity contribution is 7.98. The van der Waals surface area contributed by atoms with Crippen molar-refractivity contribution in [1.82, 2.24) is 4.98 Å². The van der Waals surface area contributed by atoms with E-state index in [1.165, 1.54) is 11.3 Å². The van der Waals surface area contributed by atoms with Gasteiger partial charge in [-0.2, -0.15) is 0 Å². The van der Waals surface area contributed by atoms with Gasteiger partial charge in [0.05, 0.1) is 12.1 Å². The molecule has 0 saturated carbocycles. The van der Waals surface area contributed by atoms with Crippen LogP contribution in [-0.4, -0.2) is 23.2 Å². The third kappa shape index (κ3) is 5.83. The maximum absolute atomic E-state index is 12.2. The molecule has 8 heteroatoms. The summed E-state index contributed by atoms with van der Waals surface area (Å²) in [7, 11) is 0. The Bertz CT molecular complexity index is 970. The molecule has 3 aromatic rings. The fourth-order valence-electron chi connectivity index (χ4n) is 2.41. The maximum atomic E-state index is 12.2. The molecule has 0 aliphatic heterocycles. The van der Waals surface area contributed by atoms with Gasteiger partial charge in [-0.3, -0.25) is 10.1 Å². The Balaban J connectivity index is 1.52. The number of nitrogens with one attached hydrogen (secondary N) is 3. The molecule has 0 aliphatic rings. The molecule has 3 N–H and O–H groups in total. The number of nitrogens with zero attached hydrogens (tertiary/aromatic N) is 1. The first-order chi connectivity index (χ1) is 13.5. The molecule has 0 saturated heterocycles. The molecule has 6 nitrogen and oxygen atoms in total. The highest BCUT2D eigenvalue weighted by Gasteiger charge is 2.10. The van der Waals surface area contributed by atoms with Crippen molar-refractivity contribution >= 4 is 51.5 Å². The van der Waals surface area contributed by atoms with Gasteiger partial charge in [0.15, 0.2) is 5.13 Å². The third-order valence-corrected chi connectivity index (χ3v) is 5.31. The number of aromatic nitrogens is 1. The number of hydrogen-bond donors (Lipinski definition) is 3. The number of rotatable bonds is 6. The summed E-state index contributed by atoms with van der Waals surface area (Å²) in [6.07, 6.45) is 2.13. The van der Waals surface area contributed by atoms with Crippen LogP contribution >= 0.6 is 23.1 Å². The largest absolute Gasteiger partial charge is 0.326 e. The fourth-order valence-corrected chi connectivity index (χ4v) is 3.58. The summed E-state index contributed by atoms with van der Waals surface area (Å²) in [4.78, 5) is 29.7. The molecule has 144 valence electrons. The summed E-state index contributed by atoms with van der Waals surface area (Å²) in [5.74, 6) is -0.154. The predicted molar refractivity (Wildman–Crippen MR) is 116 cm³/mol. The van der Waals surface area contributed by atoms with Crippen molar-refractivity contribution in [1.29, 1.82) is 0 Å². The van der Waals surface area contributed by atoms with E-state index in [0.29, 0.717) is 16.5 Å². The van der Waals surface area contributed by atoms with E-state index < -0.39 is 0 Å². The number of thioether (sulfide) groups is 1. The van der Waals surface area contributed by atoms with Gasteiger partial charge < -0.3 is 10.6 Å². The Hall–Kier alpha value is -2.84. The van der Waals surface area contributed by atoms with Crippen LogP contribution in [0.1, 0.15) is 11.3 Å². The van der Waals surface area contributed by atoms with Gasteiger partial charge in [0.25, 0.3) is 0 Å². The van der Waals surface area contributed by atoms with E-state index in [4.69, 9.17) is 0 Å². The molecule has 1 heterocycles. The number of hydrogen-bond acceptors (Lipinski definition) is 5. The Morgan fingerprint density at radius 1 is 1.04 bits per heavy atom. The van der Waals surface area contributed by atoms with Gasteiger partial charge in [-0.15, -0.1) is 23.1 Å². The number of amides is 3. The van der Waals surface area contributed by atoms with Crippen LogP contribution in [0.15, 0.2) is 58.8 Å². The molecule has 1 aromatic heterocycles. The Morgan fingerprint density at radius 2 is 1.82 bits per heavy atom. The quantitative estimate of drug-likeness (QED) is 0.498. The minimum Gasteiger partial charge on any atom is -0.326 e. The smallest absolute Gasteiger partial charge is 0.325 e. The summed E-state index contributed by atoms with van der Waals surface area (Å²) in [6.45, 7) is 1.98. The average Bonchev–Trinajstić information content (AvgIpc) is 3.10. The molecule has 3 amide bonds. The molecule has 0 spiro atoms. The van der Waals surface area contributed by atoms with E-state index in [0.717, 1.165) is 16.1 Å². The summed E-state index contributed by atoms with van der Waals surface area (Å²) in [5, 5.41) is 10.5. The van der Waals surface area contributed by atoms with E-state index in [1.807, 2.05) is 61.7 Å². The first-order valence-electron chi connectivity index (χ1n) is 8.55. The summed E-state index contributed by atoms with van der Waals surface area (Å²) < 4.78 is 0. The molecule has 0 unspecified atom stereocenters. The zero-order valence-corrected chi connectivity index (χ0v) is 17.1. The molecule has 0 atom stereocenters. The van der Waals surface area contributed by atoms with Gasteiger partial charge in [-0.05, 0) is 43.5 Å². The van der Waals surface area contributed by atoms with Gasteiger partial charge in [0, 0.05) is 21.7 Å². The van der Waals surface area contributed by atoms with Crippen LogP contribution in [-0.2, 0) is 11.2 Å². The molecule has 2 aromatic carbocycles. The molecule has 0 aliphatic carbocycles. The lowest BCUT2D eigenvalue weighted by Crippen LogP contribution is -2.19. The molecule has 28 heavy (non-hydrogen) atoms. The SMILES string of the molecule is CSc1cccc(NC(=O)Cc2csc(NC(=O)Nc3ccc(C)cc3)n2)c1. The van der Waals surface area contributed by atoms with Gasteiger partial charge in [-0.1, -0.05) is 23.8 Å². The number of thiazole rings is 1. The highest BCUT2D eigenvalue weighted by Crippen LogP contribution is 2.20. The van der Waals surface area contributed by atoms with Crippen LogP contribution in [0.3, 0.4) is 0 Å². The van der Waals surface area contributed by atoms with Crippen molar-refractivity contribution in [2.24, 2.45) is 0 Å². The lowest BCUT2D eigenvalue weighted by Gasteiger charge is -2.06. The molecule has 0 fully saturated rings. The second kappa shape index (κ2) is 9.38. The minimum atomic E-state index is -0.372. The van der Waals surface area contributed by atoms with Crippen molar-refractivity contribution in [2.45, 2.75) is 18.2 Å². The molecular weight excluding hydrogens is 392 g/mol. The van der Waals surface area contributed by atoms with E-state index in [9.17, 15) is 9.59 Å². The van der Waals surface area contributed by atoms with Crippen molar-refractivity contribution in [2.75, 3.05) is 22.2 Å². The second-order valence-electron chi connectivity index (χ2n) is 6.05.